The molecule has 0 spiro atoms. The summed E-state index contributed by atoms with van der Waals surface area (Å²) in [5, 5.41) is 0. The Hall–Kier alpha value is -2.32. The first-order valence-electron chi connectivity index (χ1n) is 7.15. The Bertz CT molecular complexity index is 770. The van der Waals surface area contributed by atoms with E-state index in [-0.39, 0.29) is 31.4 Å². The predicted octanol–water partition coefficient (Wildman–Crippen LogP) is 1.79. The molecule has 0 bridgehead atoms. The normalized spacial score (nSPS) is 11.2. The van der Waals surface area contributed by atoms with E-state index >= 15 is 0 Å². The third kappa shape index (κ3) is 5.39. The summed E-state index contributed by atoms with van der Waals surface area (Å²) in [6, 6.07) is 10.1. The quantitative estimate of drug-likeness (QED) is 0.673. The van der Waals surface area contributed by atoms with E-state index in [1.54, 1.807) is 36.4 Å². The van der Waals surface area contributed by atoms with Crippen LogP contribution >= 0.6 is 0 Å². The summed E-state index contributed by atoms with van der Waals surface area (Å²) >= 11 is 0. The van der Waals surface area contributed by atoms with Crippen LogP contribution in [0.5, 0.6) is 5.75 Å². The van der Waals surface area contributed by atoms with Crippen LogP contribution in [0.15, 0.2) is 47.1 Å². The number of benzene rings is 1. The van der Waals surface area contributed by atoms with E-state index in [0.29, 0.717) is 11.3 Å². The first-order chi connectivity index (χ1) is 11.4. The zero-order valence-corrected chi connectivity index (χ0v) is 14.3. The van der Waals surface area contributed by atoms with E-state index in [9.17, 15) is 13.2 Å². The van der Waals surface area contributed by atoms with Crippen LogP contribution in [0.25, 0.3) is 0 Å². The van der Waals surface area contributed by atoms with Crippen LogP contribution in [0.3, 0.4) is 0 Å². The van der Waals surface area contributed by atoms with Crippen molar-refractivity contribution in [3.05, 3.63) is 54.0 Å². The SMILES string of the molecule is COCC(=O)N(Cc1ccco1)Cc1ccccc1OS(C)(=O)=O. The van der Waals surface area contributed by atoms with E-state index < -0.39 is 10.1 Å². The Morgan fingerprint density at radius 1 is 1.17 bits per heavy atom. The van der Waals surface area contributed by atoms with Gasteiger partial charge in [0, 0.05) is 19.2 Å². The topological polar surface area (TPSA) is 86.0 Å². The number of carbonyl (C=O) groups excluding carboxylic acids is 1. The summed E-state index contributed by atoms with van der Waals surface area (Å²) < 4.78 is 38.0. The van der Waals surface area contributed by atoms with Crippen molar-refractivity contribution < 1.29 is 26.5 Å². The second-order valence-electron chi connectivity index (χ2n) is 5.16. The van der Waals surface area contributed by atoms with Gasteiger partial charge in [0.15, 0.2) is 0 Å². The van der Waals surface area contributed by atoms with Crippen LogP contribution in [0.1, 0.15) is 11.3 Å². The zero-order chi connectivity index (χ0) is 17.6. The molecular weight excluding hydrogens is 334 g/mol. The van der Waals surface area contributed by atoms with Gasteiger partial charge in [-0.2, -0.15) is 8.42 Å². The third-order valence-electron chi connectivity index (χ3n) is 3.12. The average molecular weight is 353 g/mol. The van der Waals surface area contributed by atoms with Crippen molar-refractivity contribution in [3.8, 4) is 5.75 Å². The van der Waals surface area contributed by atoms with E-state index in [0.717, 1.165) is 6.26 Å². The Morgan fingerprint density at radius 2 is 1.92 bits per heavy atom. The minimum absolute atomic E-state index is 0.0875. The first kappa shape index (κ1) is 18.0. The fraction of sp³-hybridized carbons (Fsp3) is 0.312. The third-order valence-corrected chi connectivity index (χ3v) is 3.60. The van der Waals surface area contributed by atoms with Crippen LogP contribution in [0, 0.1) is 0 Å². The molecule has 24 heavy (non-hydrogen) atoms. The molecule has 7 nitrogen and oxygen atoms in total. The maximum absolute atomic E-state index is 12.3. The highest BCUT2D eigenvalue weighted by atomic mass is 32.2. The predicted molar refractivity (Wildman–Crippen MR) is 86.8 cm³/mol. The molecule has 1 aromatic heterocycles. The second-order valence-corrected chi connectivity index (χ2v) is 6.73. The van der Waals surface area contributed by atoms with Crippen LogP contribution in [-0.2, 0) is 32.7 Å². The average Bonchev–Trinajstić information content (AvgIpc) is 3.00. The number of rotatable bonds is 8. The van der Waals surface area contributed by atoms with Gasteiger partial charge in [-0.1, -0.05) is 18.2 Å². The maximum Gasteiger partial charge on any atom is 0.306 e. The van der Waals surface area contributed by atoms with Gasteiger partial charge < -0.3 is 18.2 Å². The fourth-order valence-corrected chi connectivity index (χ4v) is 2.61. The van der Waals surface area contributed by atoms with Gasteiger partial charge in [0.05, 0.1) is 19.1 Å². The summed E-state index contributed by atoms with van der Waals surface area (Å²) in [5.41, 5.74) is 0.568. The van der Waals surface area contributed by atoms with Gasteiger partial charge in [0.25, 0.3) is 0 Å². The molecule has 0 unspecified atom stereocenters. The molecule has 130 valence electrons. The first-order valence-corrected chi connectivity index (χ1v) is 8.97. The number of hydrogen-bond donors (Lipinski definition) is 0. The molecule has 1 aromatic carbocycles. The fourth-order valence-electron chi connectivity index (χ4n) is 2.12. The lowest BCUT2D eigenvalue weighted by Crippen LogP contribution is -2.33. The van der Waals surface area contributed by atoms with Crippen LogP contribution in [0.2, 0.25) is 0 Å². The van der Waals surface area contributed by atoms with E-state index in [1.807, 2.05) is 0 Å². The van der Waals surface area contributed by atoms with Crippen molar-refractivity contribution in [2.24, 2.45) is 0 Å². The van der Waals surface area contributed by atoms with Gasteiger partial charge in [0.2, 0.25) is 5.91 Å². The Kier molecular flexibility index (Phi) is 5.99. The number of hydrogen-bond acceptors (Lipinski definition) is 6. The molecule has 0 atom stereocenters. The minimum atomic E-state index is -3.66. The summed E-state index contributed by atoms with van der Waals surface area (Å²) in [7, 11) is -2.23. The summed E-state index contributed by atoms with van der Waals surface area (Å²) in [4.78, 5) is 13.8. The van der Waals surface area contributed by atoms with E-state index in [1.165, 1.54) is 18.3 Å². The highest BCUT2D eigenvalue weighted by Crippen LogP contribution is 2.22. The molecule has 2 aromatic rings. The molecule has 0 aliphatic rings. The standard InChI is InChI=1S/C16H19NO6S/c1-21-12-16(18)17(11-14-7-5-9-22-14)10-13-6-3-4-8-15(13)23-24(2,19)20/h3-9H,10-12H2,1-2H3. The molecule has 1 heterocycles. The van der Waals surface area contributed by atoms with Gasteiger partial charge in [-0.15, -0.1) is 0 Å². The zero-order valence-electron chi connectivity index (χ0n) is 13.5. The van der Waals surface area contributed by atoms with Crippen molar-refractivity contribution in [3.63, 3.8) is 0 Å². The molecule has 2 rings (SSSR count). The van der Waals surface area contributed by atoms with Crippen molar-refractivity contribution in [2.75, 3.05) is 20.0 Å². The van der Waals surface area contributed by atoms with Crippen LogP contribution in [0.4, 0.5) is 0 Å². The molecule has 1 amide bonds. The maximum atomic E-state index is 12.3. The van der Waals surface area contributed by atoms with Gasteiger partial charge >= 0.3 is 10.1 Å². The number of carbonyl (C=O) groups is 1. The lowest BCUT2D eigenvalue weighted by Gasteiger charge is -2.22. The molecule has 0 radical (unpaired) electrons. The minimum Gasteiger partial charge on any atom is -0.467 e. The molecule has 8 heteroatoms. The Morgan fingerprint density at radius 3 is 2.54 bits per heavy atom. The number of para-hydroxylation sites is 1. The molecule has 0 saturated carbocycles. The summed E-state index contributed by atoms with van der Waals surface area (Å²) in [6.07, 6.45) is 2.50. The molecule has 0 fully saturated rings. The monoisotopic (exact) mass is 353 g/mol. The second kappa shape index (κ2) is 7.98. The van der Waals surface area contributed by atoms with E-state index in [2.05, 4.69) is 0 Å². The smallest absolute Gasteiger partial charge is 0.306 e. The Labute approximate surface area is 140 Å². The van der Waals surface area contributed by atoms with Crippen molar-refractivity contribution in [1.29, 1.82) is 0 Å². The lowest BCUT2D eigenvalue weighted by molar-refractivity contribution is -0.136. The number of methoxy groups -OCH3 is 1. The summed E-state index contributed by atoms with van der Waals surface area (Å²) in [6.45, 7) is 0.312. The van der Waals surface area contributed by atoms with Gasteiger partial charge in [-0.3, -0.25) is 4.79 Å². The van der Waals surface area contributed by atoms with Gasteiger partial charge in [-0.05, 0) is 18.2 Å². The number of ether oxygens (including phenoxy) is 1. The number of furan rings is 1. The molecular formula is C16H19NO6S. The van der Waals surface area contributed by atoms with E-state index in [4.69, 9.17) is 13.3 Å². The van der Waals surface area contributed by atoms with Crippen molar-refractivity contribution in [1.82, 2.24) is 4.90 Å². The van der Waals surface area contributed by atoms with Crippen molar-refractivity contribution >= 4 is 16.0 Å². The van der Waals surface area contributed by atoms with Crippen LogP contribution in [-0.4, -0.2) is 39.2 Å². The van der Waals surface area contributed by atoms with Gasteiger partial charge in [0.1, 0.15) is 18.1 Å². The molecule has 0 N–H and O–H groups in total. The largest absolute Gasteiger partial charge is 0.467 e. The number of nitrogens with zero attached hydrogens (tertiary/aromatic N) is 1. The lowest BCUT2D eigenvalue weighted by atomic mass is 10.2. The highest BCUT2D eigenvalue weighted by Gasteiger charge is 2.18. The number of amides is 1. The van der Waals surface area contributed by atoms with Crippen LogP contribution < -0.4 is 4.18 Å². The van der Waals surface area contributed by atoms with Gasteiger partial charge in [-0.25, -0.2) is 0 Å². The molecule has 0 aliphatic carbocycles. The summed E-state index contributed by atoms with van der Waals surface area (Å²) in [5.74, 6) is 0.554. The Balaban J connectivity index is 2.24. The molecule has 0 aliphatic heterocycles. The van der Waals surface area contributed by atoms with Crippen molar-refractivity contribution in [2.45, 2.75) is 13.1 Å². The molecule has 0 saturated heterocycles. The highest BCUT2D eigenvalue weighted by molar-refractivity contribution is 7.86.